The zero-order chi connectivity index (χ0) is 31.6. The Bertz CT molecular complexity index is 1400. The van der Waals surface area contributed by atoms with Gasteiger partial charge in [0.15, 0.2) is 17.5 Å². The number of hydrogen-bond donors (Lipinski definition) is 4. The Morgan fingerprint density at radius 1 is 0.932 bits per heavy atom. The number of benzene rings is 2. The van der Waals surface area contributed by atoms with Crippen LogP contribution >= 0.6 is 0 Å². The highest BCUT2D eigenvalue weighted by molar-refractivity contribution is 5.95. The van der Waals surface area contributed by atoms with E-state index in [1.807, 2.05) is 0 Å². The number of carbonyl (C=O) groups excluding carboxylic acids is 1. The van der Waals surface area contributed by atoms with Crippen LogP contribution in [0.5, 0.6) is 0 Å². The van der Waals surface area contributed by atoms with Crippen molar-refractivity contribution >= 4 is 11.6 Å². The van der Waals surface area contributed by atoms with E-state index in [-0.39, 0.29) is 75.9 Å². The maximum atomic E-state index is 14.6. The topological polar surface area (TPSA) is 89.8 Å². The molecule has 6 rings (SSSR count). The van der Waals surface area contributed by atoms with Gasteiger partial charge in [0.1, 0.15) is 0 Å². The van der Waals surface area contributed by atoms with E-state index >= 15 is 0 Å². The molecule has 1 amide bonds. The number of aliphatic hydroxyl groups is 3. The van der Waals surface area contributed by atoms with Crippen molar-refractivity contribution in [2.45, 2.75) is 96.9 Å². The summed E-state index contributed by atoms with van der Waals surface area (Å²) in [5.74, 6) is -3.18. The maximum Gasteiger partial charge on any atom is 0.224 e. The second-order valence-corrected chi connectivity index (χ2v) is 14.9. The quantitative estimate of drug-likeness (QED) is 0.262. The van der Waals surface area contributed by atoms with Crippen molar-refractivity contribution in [2.24, 2.45) is 46.3 Å². The number of para-hydroxylation sites is 1. The van der Waals surface area contributed by atoms with E-state index in [1.54, 1.807) is 24.3 Å². The van der Waals surface area contributed by atoms with Crippen LogP contribution < -0.4 is 5.32 Å². The first-order chi connectivity index (χ1) is 20.9. The molecule has 4 N–H and O–H groups in total. The molecule has 0 saturated heterocycles. The summed E-state index contributed by atoms with van der Waals surface area (Å²) in [6, 6.07) is 8.54. The Balaban J connectivity index is 1.14. The van der Waals surface area contributed by atoms with Crippen LogP contribution in [0, 0.1) is 63.8 Å². The minimum Gasteiger partial charge on any atom is -0.393 e. The third-order valence-electron chi connectivity index (χ3n) is 12.9. The molecule has 0 heterocycles. The molecule has 0 aliphatic heterocycles. The molecule has 0 unspecified atom stereocenters. The molecular formula is C36H46F3NO4. The first-order valence-electron chi connectivity index (χ1n) is 16.4. The molecule has 0 radical (unpaired) electrons. The van der Waals surface area contributed by atoms with Crippen molar-refractivity contribution in [1.82, 2.24) is 0 Å². The number of halogens is 3. The monoisotopic (exact) mass is 613 g/mol. The van der Waals surface area contributed by atoms with E-state index < -0.39 is 29.7 Å². The molecule has 0 bridgehead atoms. The number of rotatable bonds is 6. The van der Waals surface area contributed by atoms with Gasteiger partial charge >= 0.3 is 0 Å². The molecule has 4 aliphatic rings. The molecule has 8 heteroatoms. The van der Waals surface area contributed by atoms with Gasteiger partial charge in [-0.1, -0.05) is 39.0 Å². The number of amides is 1. The van der Waals surface area contributed by atoms with Gasteiger partial charge in [0.25, 0.3) is 0 Å². The molecule has 4 aliphatic carbocycles. The summed E-state index contributed by atoms with van der Waals surface area (Å²) in [5.41, 5.74) is 0.131. The highest BCUT2D eigenvalue weighted by Gasteiger charge is 2.65. The molecule has 44 heavy (non-hydrogen) atoms. The summed E-state index contributed by atoms with van der Waals surface area (Å²) in [6.45, 7) is 6.67. The van der Waals surface area contributed by atoms with E-state index in [1.165, 1.54) is 6.07 Å². The number of hydrogen-bond acceptors (Lipinski definition) is 4. The first-order valence-corrected chi connectivity index (χ1v) is 16.4. The van der Waals surface area contributed by atoms with Crippen LogP contribution in [0.25, 0.3) is 11.1 Å². The third-order valence-corrected chi connectivity index (χ3v) is 12.9. The predicted octanol–water partition coefficient (Wildman–Crippen LogP) is 7.09. The maximum absolute atomic E-state index is 14.6. The molecule has 4 saturated carbocycles. The van der Waals surface area contributed by atoms with Gasteiger partial charge in [-0.25, -0.2) is 13.2 Å². The number of aliphatic hydroxyl groups excluding tert-OH is 3. The summed E-state index contributed by atoms with van der Waals surface area (Å²) in [6.07, 6.45) is 5.31. The SMILES string of the molecule is C[C@H](CCC(=O)Nc1ccccc1-c1ccc(F)c(F)c1F)[C@H]1CC[C@H]2[C@@H]3[C@H](O)C[C@@H]4C[C@H](O)CC[C@]4(C)[C@H]3C[C@H](O)[C@]12C. The van der Waals surface area contributed by atoms with Crippen LogP contribution in [0.1, 0.15) is 78.6 Å². The van der Waals surface area contributed by atoms with Gasteiger partial charge in [0.2, 0.25) is 5.91 Å². The lowest BCUT2D eigenvalue weighted by molar-refractivity contribution is -0.207. The fourth-order valence-corrected chi connectivity index (χ4v) is 10.5. The zero-order valence-corrected chi connectivity index (χ0v) is 25.9. The standard InChI is InChI=1S/C36H46F3NO4/c1-19(8-13-31(44)40-28-7-5-4-6-22(28)23-9-12-27(37)34(39)33(23)38)24-10-11-25-32-26(18-30(43)36(24,25)3)35(2)15-14-21(41)16-20(35)17-29(32)42/h4-7,9,12,19-21,24-26,29-30,32,41-43H,8,10-11,13-18H2,1-3H3,(H,40,44)/t19-,20+,21-,24-,25+,26+,29-,30+,32+,35+,36-/m1/s1. The fourth-order valence-electron chi connectivity index (χ4n) is 10.5. The Labute approximate surface area is 258 Å². The Hall–Kier alpha value is -2.42. The van der Waals surface area contributed by atoms with Gasteiger partial charge in [-0.2, -0.15) is 0 Å². The largest absolute Gasteiger partial charge is 0.393 e. The Kier molecular flexibility index (Phi) is 8.42. The molecule has 240 valence electrons. The number of anilines is 1. The first kappa shape index (κ1) is 31.6. The third kappa shape index (κ3) is 5.09. The molecule has 2 aromatic carbocycles. The van der Waals surface area contributed by atoms with Crippen molar-refractivity contribution in [3.05, 3.63) is 53.8 Å². The van der Waals surface area contributed by atoms with Gasteiger partial charge in [-0.3, -0.25) is 4.79 Å². The molecule has 11 atom stereocenters. The lowest BCUT2D eigenvalue weighted by atomic mass is 9.43. The average Bonchev–Trinajstić information content (AvgIpc) is 3.35. The van der Waals surface area contributed by atoms with Crippen molar-refractivity contribution in [3.63, 3.8) is 0 Å². The van der Waals surface area contributed by atoms with Crippen LogP contribution in [-0.2, 0) is 4.79 Å². The smallest absolute Gasteiger partial charge is 0.224 e. The summed E-state index contributed by atoms with van der Waals surface area (Å²) in [7, 11) is 0. The van der Waals surface area contributed by atoms with Gasteiger partial charge in [0.05, 0.1) is 18.3 Å². The minimum atomic E-state index is -1.55. The van der Waals surface area contributed by atoms with Crippen LogP contribution in [0.2, 0.25) is 0 Å². The highest BCUT2D eigenvalue weighted by atomic mass is 19.2. The lowest BCUT2D eigenvalue weighted by Crippen LogP contribution is -2.62. The molecule has 2 aromatic rings. The van der Waals surface area contributed by atoms with Crippen LogP contribution in [0.4, 0.5) is 18.9 Å². The van der Waals surface area contributed by atoms with Crippen molar-refractivity contribution in [1.29, 1.82) is 0 Å². The van der Waals surface area contributed by atoms with Crippen molar-refractivity contribution in [2.75, 3.05) is 5.32 Å². The number of nitrogens with one attached hydrogen (secondary N) is 1. The predicted molar refractivity (Wildman–Crippen MR) is 163 cm³/mol. The number of fused-ring (bicyclic) bond motifs is 5. The Morgan fingerprint density at radius 2 is 1.68 bits per heavy atom. The van der Waals surface area contributed by atoms with Gasteiger partial charge < -0.3 is 20.6 Å². The molecule has 4 fully saturated rings. The summed E-state index contributed by atoms with van der Waals surface area (Å²) < 4.78 is 42.0. The highest BCUT2D eigenvalue weighted by Crippen LogP contribution is 2.68. The fraction of sp³-hybridized carbons (Fsp3) is 0.639. The van der Waals surface area contributed by atoms with Crippen molar-refractivity contribution in [3.8, 4) is 11.1 Å². The summed E-state index contributed by atoms with van der Waals surface area (Å²) in [4.78, 5) is 13.1. The van der Waals surface area contributed by atoms with E-state index in [0.717, 1.165) is 38.2 Å². The minimum absolute atomic E-state index is 0.0200. The van der Waals surface area contributed by atoms with Crippen LogP contribution in [-0.4, -0.2) is 39.5 Å². The molecular weight excluding hydrogens is 567 g/mol. The Morgan fingerprint density at radius 3 is 2.45 bits per heavy atom. The van der Waals surface area contributed by atoms with E-state index in [9.17, 15) is 33.3 Å². The van der Waals surface area contributed by atoms with Gasteiger partial charge in [-0.15, -0.1) is 0 Å². The summed E-state index contributed by atoms with van der Waals surface area (Å²) >= 11 is 0. The van der Waals surface area contributed by atoms with E-state index in [4.69, 9.17) is 0 Å². The normalized spacial score (nSPS) is 38.8. The molecule has 5 nitrogen and oxygen atoms in total. The van der Waals surface area contributed by atoms with Gasteiger partial charge in [-0.05, 0) is 116 Å². The van der Waals surface area contributed by atoms with E-state index in [0.29, 0.717) is 24.9 Å². The summed E-state index contributed by atoms with van der Waals surface area (Å²) in [5, 5.41) is 36.5. The second kappa shape index (κ2) is 11.7. The number of carbonyl (C=O) groups is 1. The van der Waals surface area contributed by atoms with Crippen LogP contribution in [0.3, 0.4) is 0 Å². The lowest BCUT2D eigenvalue weighted by Gasteiger charge is -2.63. The van der Waals surface area contributed by atoms with Crippen molar-refractivity contribution < 1.29 is 33.3 Å². The molecule has 0 aromatic heterocycles. The molecule has 0 spiro atoms. The second-order valence-electron chi connectivity index (χ2n) is 14.9. The average molecular weight is 614 g/mol. The van der Waals surface area contributed by atoms with Gasteiger partial charge in [0, 0.05) is 23.2 Å². The van der Waals surface area contributed by atoms with Crippen LogP contribution in [0.15, 0.2) is 36.4 Å². The van der Waals surface area contributed by atoms with E-state index in [2.05, 4.69) is 26.1 Å². The zero-order valence-electron chi connectivity index (χ0n) is 25.9.